The number of nitrogens with zero attached hydrogens (tertiary/aromatic N) is 4. The lowest BCUT2D eigenvalue weighted by Gasteiger charge is -2.11. The van der Waals surface area contributed by atoms with E-state index in [2.05, 4.69) is 0 Å². The maximum atomic E-state index is 11.9. The molecule has 8 rings (SSSR count). The molecule has 0 saturated carbocycles. The lowest BCUT2D eigenvalue weighted by molar-refractivity contribution is 0.105. The Morgan fingerprint density at radius 1 is 0.732 bits per heavy atom. The second-order valence-corrected chi connectivity index (χ2v) is 22.3. The number of aromatic nitrogens is 4. The molecule has 1 atom stereocenters. The van der Waals surface area contributed by atoms with Gasteiger partial charge in [-0.25, -0.2) is 9.36 Å². The molecule has 0 fully saturated rings. The van der Waals surface area contributed by atoms with E-state index in [1.165, 1.54) is 6.07 Å². The molecular weight excluding hydrogens is 907 g/mol. The van der Waals surface area contributed by atoms with E-state index in [9.17, 15) is 25.9 Å². The summed E-state index contributed by atoms with van der Waals surface area (Å²) in [7, 11) is -8.61. The second kappa shape index (κ2) is 16.2. The van der Waals surface area contributed by atoms with Gasteiger partial charge < -0.3 is 9.47 Å². The molecule has 2 N–H and O–H groups in total. The lowest BCUT2D eigenvalue weighted by Crippen LogP contribution is -2.11. The fourth-order valence-corrected chi connectivity index (χ4v) is 13.8. The Bertz CT molecular complexity index is 2640. The molecule has 0 spiro atoms. The topological polar surface area (TPSA) is 163 Å². The normalized spacial score (nSPS) is 16.1. The first-order chi connectivity index (χ1) is 26.7. The van der Waals surface area contributed by atoms with Crippen molar-refractivity contribution in [2.75, 3.05) is 13.2 Å². The van der Waals surface area contributed by atoms with Crippen molar-refractivity contribution in [3.63, 3.8) is 0 Å². The van der Waals surface area contributed by atoms with Gasteiger partial charge >= 0.3 is 10.1 Å². The molecule has 296 valence electrons. The van der Waals surface area contributed by atoms with Crippen LogP contribution >= 0.6 is 81.3 Å². The van der Waals surface area contributed by atoms with Gasteiger partial charge in [0.15, 0.2) is 3.91 Å². The van der Waals surface area contributed by atoms with Crippen LogP contribution in [0.15, 0.2) is 51.6 Å². The number of ether oxygens (including phenoxy) is 2. The fraction of sp³-hybridized carbons (Fsp3) is 0.314. The standard InChI is InChI=1S/C35H30Cl4N4O8S5/c36-18-5-7-27(23(38)11-18)42-32-20(13-29-22(32)15-31(52-29)55(44,45)46)25(40-42)16-50-9-3-1-2-4-10-51-17-26-21-14-30-34(54-35(53-30)56(47,48)49)33(21)43(41-26)28-8-6-19(37)12-24(28)39/h5-8,11-12,15,35H,1-4,9-10,13-14,16-17H2,(H,44,45,46)(H,47,48,49). The van der Waals surface area contributed by atoms with E-state index >= 15 is 0 Å². The van der Waals surface area contributed by atoms with E-state index in [1.807, 2.05) is 0 Å². The van der Waals surface area contributed by atoms with Gasteiger partial charge in [0, 0.05) is 67.5 Å². The van der Waals surface area contributed by atoms with Crippen molar-refractivity contribution in [1.82, 2.24) is 19.6 Å². The van der Waals surface area contributed by atoms with Crippen molar-refractivity contribution in [3.8, 4) is 22.6 Å². The van der Waals surface area contributed by atoms with Crippen LogP contribution in [0, 0.1) is 0 Å². The average Bonchev–Trinajstić information content (AvgIpc) is 3.94. The van der Waals surface area contributed by atoms with E-state index < -0.39 is 24.2 Å². The van der Waals surface area contributed by atoms with Gasteiger partial charge in [0.05, 0.1) is 57.4 Å². The highest BCUT2D eigenvalue weighted by atomic mass is 35.5. The van der Waals surface area contributed by atoms with Crippen LogP contribution in [-0.2, 0) is 55.8 Å². The number of allylic oxidation sites excluding steroid dienone is 1. The quantitative estimate of drug-likeness (QED) is 0.0742. The SMILES string of the molecule is O=S(=O)(O)c1cc2c(s1)Cc1c(COCCCCCCOCc3nn(-c4ccc(Cl)cc4Cl)c4c3CC3=C4SC(S(=O)(=O)O)S3)nn(-c3ccc(Cl)cc3Cl)c1-2. The van der Waals surface area contributed by atoms with E-state index in [0.717, 1.165) is 103 Å². The number of hydrogen-bond acceptors (Lipinski definition) is 11. The Balaban J connectivity index is 0.846. The van der Waals surface area contributed by atoms with Gasteiger partial charge in [0.25, 0.3) is 10.1 Å². The van der Waals surface area contributed by atoms with Crippen molar-refractivity contribution >= 4 is 106 Å². The van der Waals surface area contributed by atoms with Gasteiger partial charge in [-0.2, -0.15) is 27.0 Å². The average molecular weight is 937 g/mol. The molecule has 4 heterocycles. The molecule has 5 aromatic rings. The summed E-state index contributed by atoms with van der Waals surface area (Å²) in [5.41, 5.74) is 6.65. The monoisotopic (exact) mass is 934 g/mol. The van der Waals surface area contributed by atoms with Gasteiger partial charge in [-0.15, -0.1) is 11.3 Å². The molecule has 0 radical (unpaired) electrons. The van der Waals surface area contributed by atoms with E-state index in [0.29, 0.717) is 68.8 Å². The Morgan fingerprint density at radius 2 is 1.29 bits per heavy atom. The smallest absolute Gasteiger partial charge is 0.304 e. The zero-order valence-corrected chi connectivity index (χ0v) is 36.0. The number of fused-ring (bicyclic) bond motifs is 5. The molecule has 21 heteroatoms. The number of thioether (sulfide) groups is 2. The molecule has 3 aromatic heterocycles. The molecule has 2 aliphatic carbocycles. The van der Waals surface area contributed by atoms with Crippen LogP contribution in [-0.4, -0.2) is 62.6 Å². The van der Waals surface area contributed by atoms with Crippen molar-refractivity contribution in [2.45, 2.75) is 59.9 Å². The number of hydrogen-bond donors (Lipinski definition) is 2. The Morgan fingerprint density at radius 3 is 1.82 bits per heavy atom. The Labute approximate surface area is 354 Å². The molecule has 0 saturated heterocycles. The van der Waals surface area contributed by atoms with E-state index in [1.54, 1.807) is 45.8 Å². The first-order valence-corrected chi connectivity index (χ1v) is 24.1. The van der Waals surface area contributed by atoms with Crippen LogP contribution in [0.1, 0.15) is 58.8 Å². The summed E-state index contributed by atoms with van der Waals surface area (Å²) >= 11 is 28.7. The van der Waals surface area contributed by atoms with Gasteiger partial charge in [-0.05, 0) is 55.3 Å². The summed E-state index contributed by atoms with van der Waals surface area (Å²) in [5, 5.41) is 11.4. The minimum absolute atomic E-state index is 0.123. The van der Waals surface area contributed by atoms with Gasteiger partial charge in [0.1, 0.15) is 4.21 Å². The summed E-state index contributed by atoms with van der Waals surface area (Å²) in [6.45, 7) is 1.56. The molecular formula is C35H30Cl4N4O8S5. The molecule has 3 aliphatic rings. The predicted molar refractivity (Wildman–Crippen MR) is 222 cm³/mol. The summed E-state index contributed by atoms with van der Waals surface area (Å²) in [6.07, 6.45) is 4.44. The maximum Gasteiger partial charge on any atom is 0.304 e. The van der Waals surface area contributed by atoms with Crippen molar-refractivity contribution < 1.29 is 35.4 Å². The molecule has 0 amide bonds. The molecule has 12 nitrogen and oxygen atoms in total. The predicted octanol–water partition coefficient (Wildman–Crippen LogP) is 9.72. The Kier molecular flexibility index (Phi) is 11.7. The fourth-order valence-electron chi connectivity index (χ4n) is 6.83. The molecule has 1 unspecified atom stereocenters. The molecule has 56 heavy (non-hydrogen) atoms. The van der Waals surface area contributed by atoms with E-state index in [4.69, 9.17) is 66.1 Å². The van der Waals surface area contributed by atoms with Crippen molar-refractivity contribution in [1.29, 1.82) is 0 Å². The minimum Gasteiger partial charge on any atom is -0.375 e. The third-order valence-electron chi connectivity index (χ3n) is 9.35. The summed E-state index contributed by atoms with van der Waals surface area (Å²) < 4.78 is 81.3. The molecule has 2 aromatic carbocycles. The van der Waals surface area contributed by atoms with Crippen LogP contribution in [0.5, 0.6) is 0 Å². The largest absolute Gasteiger partial charge is 0.375 e. The first kappa shape index (κ1) is 40.7. The zero-order valence-electron chi connectivity index (χ0n) is 28.9. The van der Waals surface area contributed by atoms with Crippen LogP contribution in [0.25, 0.3) is 27.5 Å². The van der Waals surface area contributed by atoms with Crippen LogP contribution in [0.2, 0.25) is 20.1 Å². The number of rotatable bonds is 15. The van der Waals surface area contributed by atoms with E-state index in [-0.39, 0.29) is 17.4 Å². The zero-order chi connectivity index (χ0) is 39.5. The number of thiophene rings is 1. The first-order valence-electron chi connectivity index (χ1n) is 17.1. The molecule has 1 aliphatic heterocycles. The van der Waals surface area contributed by atoms with Crippen LogP contribution < -0.4 is 0 Å². The minimum atomic E-state index is -4.36. The molecule has 0 bridgehead atoms. The third kappa shape index (κ3) is 8.09. The highest BCUT2D eigenvalue weighted by molar-refractivity contribution is 8.35. The number of benzene rings is 2. The second-order valence-electron chi connectivity index (χ2n) is 13.1. The Hall–Kier alpha value is -2.10. The highest BCUT2D eigenvalue weighted by Crippen LogP contribution is 2.58. The lowest BCUT2D eigenvalue weighted by atomic mass is 10.2. The summed E-state index contributed by atoms with van der Waals surface area (Å²) in [4.78, 5) is 2.43. The number of unbranched alkanes of at least 4 members (excludes halogenated alkanes) is 3. The van der Waals surface area contributed by atoms with Crippen molar-refractivity contribution in [2.24, 2.45) is 0 Å². The van der Waals surface area contributed by atoms with Crippen LogP contribution in [0.3, 0.4) is 0 Å². The van der Waals surface area contributed by atoms with Crippen molar-refractivity contribution in [3.05, 3.63) is 101 Å². The third-order valence-corrected chi connectivity index (χ3v) is 17.8. The highest BCUT2D eigenvalue weighted by Gasteiger charge is 2.42. The summed E-state index contributed by atoms with van der Waals surface area (Å²) in [6, 6.07) is 11.6. The van der Waals surface area contributed by atoms with Gasteiger partial charge in [-0.3, -0.25) is 9.11 Å². The van der Waals surface area contributed by atoms with Gasteiger partial charge in [0.2, 0.25) is 0 Å². The summed E-state index contributed by atoms with van der Waals surface area (Å²) in [5.74, 6) is 0. The maximum absolute atomic E-state index is 11.9. The van der Waals surface area contributed by atoms with Gasteiger partial charge in [-0.1, -0.05) is 82.8 Å². The number of halogens is 4. The van der Waals surface area contributed by atoms with Crippen LogP contribution in [0.4, 0.5) is 0 Å².